The Hall–Kier alpha value is -2.09. The lowest BCUT2D eigenvalue weighted by molar-refractivity contribution is 0.551. The number of hydrogen-bond acceptors (Lipinski definition) is 2. The van der Waals surface area contributed by atoms with Gasteiger partial charge in [-0.25, -0.2) is 13.1 Å². The highest BCUT2D eigenvalue weighted by Gasteiger charge is 2.13. The largest absolute Gasteiger partial charge is 0.240 e. The van der Waals surface area contributed by atoms with Crippen LogP contribution < -0.4 is 4.72 Å². The van der Waals surface area contributed by atoms with E-state index in [0.29, 0.717) is 23.8 Å². The minimum absolute atomic E-state index is 0.291. The van der Waals surface area contributed by atoms with Crippen LogP contribution in [0.1, 0.15) is 25.8 Å². The maximum atomic E-state index is 12.2. The Morgan fingerprint density at radius 1 is 1.00 bits per heavy atom. The summed E-state index contributed by atoms with van der Waals surface area (Å²) in [6.07, 6.45) is 6.74. The van der Waals surface area contributed by atoms with E-state index in [2.05, 4.69) is 24.5 Å². The second-order valence-electron chi connectivity index (χ2n) is 6.18. The van der Waals surface area contributed by atoms with Gasteiger partial charge >= 0.3 is 0 Å². The molecule has 0 aromatic heterocycles. The fourth-order valence-corrected chi connectivity index (χ4v) is 3.37. The highest BCUT2D eigenvalue weighted by molar-refractivity contribution is 7.89. The van der Waals surface area contributed by atoms with Crippen molar-refractivity contribution in [3.8, 4) is 23.5 Å². The van der Waals surface area contributed by atoms with Gasteiger partial charge in [-0.2, -0.15) is 0 Å². The minimum Gasteiger partial charge on any atom is -0.211 e. The van der Waals surface area contributed by atoms with Crippen LogP contribution in [0, 0.1) is 18.3 Å². The quantitative estimate of drug-likeness (QED) is 0.778. The van der Waals surface area contributed by atoms with Crippen LogP contribution in [0.5, 0.6) is 0 Å². The molecule has 126 valence electrons. The Balaban J connectivity index is 2.11. The third-order valence-electron chi connectivity index (χ3n) is 3.77. The Morgan fingerprint density at radius 2 is 1.54 bits per heavy atom. The molecule has 0 unspecified atom stereocenters. The van der Waals surface area contributed by atoms with Gasteiger partial charge in [-0.05, 0) is 41.2 Å². The van der Waals surface area contributed by atoms with E-state index in [1.807, 2.05) is 36.4 Å². The fraction of sp³-hybridized carbons (Fsp3) is 0.300. The van der Waals surface area contributed by atoms with E-state index in [4.69, 9.17) is 6.42 Å². The molecule has 0 radical (unpaired) electrons. The highest BCUT2D eigenvalue weighted by atomic mass is 32.2. The van der Waals surface area contributed by atoms with Gasteiger partial charge in [0.05, 0.1) is 4.90 Å². The van der Waals surface area contributed by atoms with Crippen LogP contribution in [0.4, 0.5) is 0 Å². The third kappa shape index (κ3) is 4.95. The monoisotopic (exact) mass is 341 g/mol. The maximum Gasteiger partial charge on any atom is 0.240 e. The van der Waals surface area contributed by atoms with Crippen LogP contribution in [0.25, 0.3) is 11.1 Å². The summed E-state index contributed by atoms with van der Waals surface area (Å²) in [5.41, 5.74) is 3.10. The second kappa shape index (κ2) is 8.14. The summed E-state index contributed by atoms with van der Waals surface area (Å²) < 4.78 is 27.1. The standard InChI is InChI=1S/C20H23NO2S/c1-4-5-17-6-8-18(9-7-17)19-10-12-20(13-11-19)24(22,23)21-15-14-16(2)3/h1,6-13,16,21H,5,14-15H2,2-3H3. The number of benzene rings is 2. The first-order valence-corrected chi connectivity index (χ1v) is 9.53. The van der Waals surface area contributed by atoms with E-state index < -0.39 is 10.0 Å². The number of hydrogen-bond donors (Lipinski definition) is 1. The minimum atomic E-state index is -3.44. The Labute approximate surface area is 145 Å². The predicted octanol–water partition coefficient (Wildman–Crippen LogP) is 3.85. The summed E-state index contributed by atoms with van der Waals surface area (Å²) in [5.74, 6) is 3.08. The summed E-state index contributed by atoms with van der Waals surface area (Å²) in [5, 5.41) is 0. The lowest BCUT2D eigenvalue weighted by atomic mass is 10.0. The van der Waals surface area contributed by atoms with E-state index in [1.165, 1.54) is 0 Å². The topological polar surface area (TPSA) is 46.2 Å². The lowest BCUT2D eigenvalue weighted by Crippen LogP contribution is -2.25. The molecule has 0 aliphatic carbocycles. The number of rotatable bonds is 7. The van der Waals surface area contributed by atoms with Gasteiger partial charge in [0.25, 0.3) is 0 Å². The fourth-order valence-electron chi connectivity index (χ4n) is 2.32. The van der Waals surface area contributed by atoms with Gasteiger partial charge in [0, 0.05) is 13.0 Å². The van der Waals surface area contributed by atoms with Crippen molar-refractivity contribution in [2.75, 3.05) is 6.54 Å². The molecule has 0 saturated heterocycles. The molecule has 3 nitrogen and oxygen atoms in total. The maximum absolute atomic E-state index is 12.2. The van der Waals surface area contributed by atoms with Gasteiger partial charge in [-0.3, -0.25) is 0 Å². The van der Waals surface area contributed by atoms with Crippen LogP contribution in [0.3, 0.4) is 0 Å². The Morgan fingerprint density at radius 3 is 2.04 bits per heavy atom. The SMILES string of the molecule is C#CCc1ccc(-c2ccc(S(=O)(=O)NCCC(C)C)cc2)cc1. The summed E-state index contributed by atoms with van der Waals surface area (Å²) in [4.78, 5) is 0.291. The van der Waals surface area contributed by atoms with Gasteiger partial charge in [0.2, 0.25) is 10.0 Å². The zero-order valence-corrected chi connectivity index (χ0v) is 14.9. The smallest absolute Gasteiger partial charge is 0.211 e. The third-order valence-corrected chi connectivity index (χ3v) is 5.25. The van der Waals surface area contributed by atoms with Crippen molar-refractivity contribution in [1.82, 2.24) is 4.72 Å². The molecule has 2 rings (SSSR count). The molecule has 2 aromatic rings. The predicted molar refractivity (Wildman–Crippen MR) is 99.1 cm³/mol. The van der Waals surface area contributed by atoms with Crippen LogP contribution in [0.2, 0.25) is 0 Å². The van der Waals surface area contributed by atoms with Crippen molar-refractivity contribution in [3.63, 3.8) is 0 Å². The van der Waals surface area contributed by atoms with Gasteiger partial charge in [-0.1, -0.05) is 50.2 Å². The molecular weight excluding hydrogens is 318 g/mol. The van der Waals surface area contributed by atoms with E-state index in [-0.39, 0.29) is 0 Å². The average molecular weight is 341 g/mol. The normalized spacial score (nSPS) is 11.4. The van der Waals surface area contributed by atoms with Crippen molar-refractivity contribution in [3.05, 3.63) is 54.1 Å². The van der Waals surface area contributed by atoms with E-state index in [9.17, 15) is 8.42 Å². The van der Waals surface area contributed by atoms with Crippen molar-refractivity contribution in [2.24, 2.45) is 5.92 Å². The van der Waals surface area contributed by atoms with Gasteiger partial charge in [-0.15, -0.1) is 12.3 Å². The van der Waals surface area contributed by atoms with Gasteiger partial charge in [0.1, 0.15) is 0 Å². The van der Waals surface area contributed by atoms with Crippen molar-refractivity contribution < 1.29 is 8.42 Å². The summed E-state index contributed by atoms with van der Waals surface area (Å²) in [6, 6.07) is 14.9. The number of nitrogens with one attached hydrogen (secondary N) is 1. The Kier molecular flexibility index (Phi) is 6.19. The summed E-state index contributed by atoms with van der Waals surface area (Å²) >= 11 is 0. The van der Waals surface area contributed by atoms with E-state index in [0.717, 1.165) is 23.1 Å². The van der Waals surface area contributed by atoms with E-state index >= 15 is 0 Å². The number of terminal acetylenes is 1. The van der Waals surface area contributed by atoms with Gasteiger partial charge < -0.3 is 0 Å². The zero-order chi connectivity index (χ0) is 17.6. The molecule has 0 aliphatic rings. The Bertz CT molecular complexity index is 798. The molecule has 4 heteroatoms. The molecule has 1 N–H and O–H groups in total. The molecule has 0 spiro atoms. The average Bonchev–Trinajstić information content (AvgIpc) is 2.55. The van der Waals surface area contributed by atoms with Crippen LogP contribution in [-0.2, 0) is 16.4 Å². The molecule has 0 saturated carbocycles. The first-order chi connectivity index (χ1) is 11.4. The summed E-state index contributed by atoms with van der Waals surface area (Å²) in [6.45, 7) is 4.59. The van der Waals surface area contributed by atoms with E-state index in [1.54, 1.807) is 12.1 Å². The zero-order valence-electron chi connectivity index (χ0n) is 14.1. The molecule has 0 aliphatic heterocycles. The molecule has 24 heavy (non-hydrogen) atoms. The highest BCUT2D eigenvalue weighted by Crippen LogP contribution is 2.22. The molecule has 0 amide bonds. The van der Waals surface area contributed by atoms with Crippen molar-refractivity contribution >= 4 is 10.0 Å². The van der Waals surface area contributed by atoms with Crippen molar-refractivity contribution in [2.45, 2.75) is 31.6 Å². The van der Waals surface area contributed by atoms with Crippen molar-refractivity contribution in [1.29, 1.82) is 0 Å². The van der Waals surface area contributed by atoms with Crippen LogP contribution >= 0.6 is 0 Å². The molecule has 0 fully saturated rings. The van der Waals surface area contributed by atoms with Crippen LogP contribution in [-0.4, -0.2) is 15.0 Å². The lowest BCUT2D eigenvalue weighted by Gasteiger charge is -2.09. The molecule has 0 atom stereocenters. The summed E-state index contributed by atoms with van der Waals surface area (Å²) in [7, 11) is -3.44. The molecule has 0 heterocycles. The second-order valence-corrected chi connectivity index (χ2v) is 7.95. The van der Waals surface area contributed by atoms with Gasteiger partial charge in [0.15, 0.2) is 0 Å². The molecule has 0 bridgehead atoms. The first kappa shape index (κ1) is 18.3. The first-order valence-electron chi connectivity index (χ1n) is 8.05. The number of sulfonamides is 1. The molecule has 2 aromatic carbocycles. The van der Waals surface area contributed by atoms with Crippen LogP contribution in [0.15, 0.2) is 53.4 Å². The molecular formula is C20H23NO2S.